The van der Waals surface area contributed by atoms with E-state index in [1.807, 2.05) is 6.07 Å². The number of anilines is 2. The van der Waals surface area contributed by atoms with Gasteiger partial charge in [-0.3, -0.25) is 20.2 Å². The summed E-state index contributed by atoms with van der Waals surface area (Å²) in [7, 11) is 0. The van der Waals surface area contributed by atoms with E-state index < -0.39 is 21.2 Å². The van der Waals surface area contributed by atoms with Crippen molar-refractivity contribution in [2.24, 2.45) is 0 Å². The van der Waals surface area contributed by atoms with Crippen molar-refractivity contribution in [1.29, 1.82) is 5.26 Å². The second-order valence-electron chi connectivity index (χ2n) is 5.60. The number of nitrogens with two attached hydrogens (primary N) is 2. The minimum atomic E-state index is -0.775. The number of nitrogen functional groups attached to an aromatic ring is 2. The number of nitriles is 1. The first kappa shape index (κ1) is 19.0. The van der Waals surface area contributed by atoms with Crippen LogP contribution >= 0.6 is 0 Å². The zero-order chi connectivity index (χ0) is 21.1. The zero-order valence-electron chi connectivity index (χ0n) is 14.5. The van der Waals surface area contributed by atoms with Gasteiger partial charge in [-0.15, -0.1) is 0 Å². The molecule has 12 heteroatoms. The van der Waals surface area contributed by atoms with Crippen LogP contribution in [-0.4, -0.2) is 19.8 Å². The van der Waals surface area contributed by atoms with E-state index >= 15 is 0 Å². The third-order valence-electron chi connectivity index (χ3n) is 3.77. The summed E-state index contributed by atoms with van der Waals surface area (Å²) in [4.78, 5) is 28.2. The number of aromatic nitrogens is 2. The van der Waals surface area contributed by atoms with Crippen molar-refractivity contribution in [3.63, 3.8) is 0 Å². The van der Waals surface area contributed by atoms with Crippen molar-refractivity contribution in [3.8, 4) is 28.8 Å². The number of nitro benzene ring substituents is 2. The molecule has 0 amide bonds. The molecule has 144 valence electrons. The Balaban J connectivity index is 1.94. The van der Waals surface area contributed by atoms with E-state index in [1.54, 1.807) is 12.1 Å². The molecule has 0 atom stereocenters. The molecule has 1 aromatic heterocycles. The smallest absolute Gasteiger partial charge is 0.318 e. The highest BCUT2D eigenvalue weighted by Crippen LogP contribution is 2.35. The first-order chi connectivity index (χ1) is 13.8. The number of benzene rings is 2. The summed E-state index contributed by atoms with van der Waals surface area (Å²) in [6.07, 6.45) is 0. The Morgan fingerprint density at radius 2 is 1.69 bits per heavy atom. The maximum absolute atomic E-state index is 11.2. The molecule has 0 spiro atoms. The lowest BCUT2D eigenvalue weighted by Crippen LogP contribution is -2.04. The molecule has 1 heterocycles. The number of nitro groups is 2. The van der Waals surface area contributed by atoms with Gasteiger partial charge in [0.1, 0.15) is 23.2 Å². The van der Waals surface area contributed by atoms with Crippen LogP contribution in [0.3, 0.4) is 0 Å². The predicted octanol–water partition coefficient (Wildman–Crippen LogP) is 2.79. The van der Waals surface area contributed by atoms with Gasteiger partial charge in [-0.1, -0.05) is 0 Å². The number of non-ortho nitro benzene ring substituents is 1. The van der Waals surface area contributed by atoms with Crippen LogP contribution in [0.5, 0.6) is 11.5 Å². The van der Waals surface area contributed by atoms with Crippen LogP contribution in [0.15, 0.2) is 42.5 Å². The average molecular weight is 393 g/mol. The normalized spacial score (nSPS) is 10.2. The first-order valence-corrected chi connectivity index (χ1v) is 7.84. The molecule has 0 aliphatic carbocycles. The molecule has 0 saturated carbocycles. The largest absolute Gasteiger partial charge is 0.450 e. The molecule has 0 bridgehead atoms. The van der Waals surface area contributed by atoms with Crippen molar-refractivity contribution in [1.82, 2.24) is 9.97 Å². The van der Waals surface area contributed by atoms with Crippen molar-refractivity contribution < 1.29 is 14.6 Å². The summed E-state index contributed by atoms with van der Waals surface area (Å²) in [6, 6.07) is 11.0. The quantitative estimate of drug-likeness (QED) is 0.480. The van der Waals surface area contributed by atoms with Crippen LogP contribution in [0, 0.1) is 31.6 Å². The number of hydrogen-bond acceptors (Lipinski definition) is 10. The molecule has 0 aliphatic rings. The van der Waals surface area contributed by atoms with Crippen LogP contribution in [0.25, 0.3) is 11.3 Å². The summed E-state index contributed by atoms with van der Waals surface area (Å²) >= 11 is 0. The summed E-state index contributed by atoms with van der Waals surface area (Å²) in [5.74, 6) is -0.101. The number of nitrogens with zero attached hydrogens (tertiary/aromatic N) is 5. The summed E-state index contributed by atoms with van der Waals surface area (Å²) < 4.78 is 5.49. The molecule has 3 rings (SSSR count). The Morgan fingerprint density at radius 1 is 1.00 bits per heavy atom. The molecule has 0 radical (unpaired) electrons. The summed E-state index contributed by atoms with van der Waals surface area (Å²) in [6.45, 7) is 0. The molecule has 12 nitrogen and oxygen atoms in total. The molecule has 0 saturated heterocycles. The fourth-order valence-electron chi connectivity index (χ4n) is 2.47. The molecular weight excluding hydrogens is 382 g/mol. The molecule has 0 aliphatic heterocycles. The minimum Gasteiger partial charge on any atom is -0.450 e. The second-order valence-corrected chi connectivity index (χ2v) is 5.60. The van der Waals surface area contributed by atoms with Crippen molar-refractivity contribution in [2.75, 3.05) is 11.5 Å². The van der Waals surface area contributed by atoms with Crippen LogP contribution in [0.1, 0.15) is 5.56 Å². The Morgan fingerprint density at radius 3 is 2.28 bits per heavy atom. The molecule has 3 aromatic rings. The van der Waals surface area contributed by atoms with Crippen LogP contribution in [0.2, 0.25) is 0 Å². The Bertz CT molecular complexity index is 1170. The molecule has 4 N–H and O–H groups in total. The highest BCUT2D eigenvalue weighted by Gasteiger charge is 2.21. The van der Waals surface area contributed by atoms with E-state index in [2.05, 4.69) is 9.97 Å². The van der Waals surface area contributed by atoms with Crippen LogP contribution in [0.4, 0.5) is 23.1 Å². The Labute approximate surface area is 162 Å². The number of hydrogen-bond donors (Lipinski definition) is 2. The van der Waals surface area contributed by atoms with E-state index in [9.17, 15) is 25.5 Å². The van der Waals surface area contributed by atoms with Crippen molar-refractivity contribution in [3.05, 3.63) is 68.3 Å². The fourth-order valence-corrected chi connectivity index (χ4v) is 2.47. The predicted molar refractivity (Wildman–Crippen MR) is 101 cm³/mol. The van der Waals surface area contributed by atoms with E-state index in [1.165, 1.54) is 12.1 Å². The van der Waals surface area contributed by atoms with Crippen LogP contribution < -0.4 is 16.2 Å². The molecule has 29 heavy (non-hydrogen) atoms. The third-order valence-corrected chi connectivity index (χ3v) is 3.77. The minimum absolute atomic E-state index is 0.0545. The lowest BCUT2D eigenvalue weighted by atomic mass is 10.1. The van der Waals surface area contributed by atoms with E-state index in [0.717, 1.165) is 18.2 Å². The van der Waals surface area contributed by atoms with E-state index in [0.29, 0.717) is 5.56 Å². The van der Waals surface area contributed by atoms with Gasteiger partial charge in [-0.05, 0) is 30.3 Å². The SMILES string of the molecule is N#Cc1c(N)nc(N)nc1-c1ccc(Oc2ccc([N+](=O)[O-])cc2[N+](=O)[O-])cc1. The molecule has 0 unspecified atom stereocenters. The van der Waals surface area contributed by atoms with E-state index in [4.69, 9.17) is 16.2 Å². The van der Waals surface area contributed by atoms with Gasteiger partial charge >= 0.3 is 5.69 Å². The van der Waals surface area contributed by atoms with Gasteiger partial charge in [-0.2, -0.15) is 10.2 Å². The van der Waals surface area contributed by atoms with Crippen molar-refractivity contribution in [2.45, 2.75) is 0 Å². The topological polar surface area (TPSA) is 197 Å². The lowest BCUT2D eigenvalue weighted by Gasteiger charge is -2.09. The first-order valence-electron chi connectivity index (χ1n) is 7.84. The van der Waals surface area contributed by atoms with E-state index in [-0.39, 0.29) is 34.5 Å². The van der Waals surface area contributed by atoms with Gasteiger partial charge in [0.2, 0.25) is 11.7 Å². The van der Waals surface area contributed by atoms with Gasteiger partial charge in [-0.25, -0.2) is 4.98 Å². The number of rotatable bonds is 5. The van der Waals surface area contributed by atoms with Gasteiger partial charge in [0, 0.05) is 11.6 Å². The van der Waals surface area contributed by atoms with Gasteiger partial charge in [0.05, 0.1) is 21.6 Å². The maximum atomic E-state index is 11.2. The Kier molecular flexibility index (Phi) is 4.88. The molecule has 0 fully saturated rings. The molecular formula is C17H11N7O5. The molecule has 2 aromatic carbocycles. The summed E-state index contributed by atoms with van der Waals surface area (Å²) in [5.41, 5.74) is 11.1. The van der Waals surface area contributed by atoms with Crippen molar-refractivity contribution >= 4 is 23.1 Å². The maximum Gasteiger partial charge on any atom is 0.318 e. The Hall–Kier alpha value is -4.79. The zero-order valence-corrected chi connectivity index (χ0v) is 14.5. The monoisotopic (exact) mass is 393 g/mol. The average Bonchev–Trinajstić information content (AvgIpc) is 2.68. The van der Waals surface area contributed by atoms with Gasteiger partial charge < -0.3 is 16.2 Å². The third kappa shape index (κ3) is 3.83. The highest BCUT2D eigenvalue weighted by molar-refractivity contribution is 5.73. The number of ether oxygens (including phenoxy) is 1. The summed E-state index contributed by atoms with van der Waals surface area (Å²) in [5, 5.41) is 31.3. The van der Waals surface area contributed by atoms with Gasteiger partial charge in [0.15, 0.2) is 0 Å². The van der Waals surface area contributed by atoms with Gasteiger partial charge in [0.25, 0.3) is 5.69 Å². The lowest BCUT2D eigenvalue weighted by molar-refractivity contribution is -0.394. The fraction of sp³-hybridized carbons (Fsp3) is 0. The van der Waals surface area contributed by atoms with Crippen LogP contribution in [-0.2, 0) is 0 Å². The highest BCUT2D eigenvalue weighted by atomic mass is 16.6. The standard InChI is InChI=1S/C17H11N7O5/c18-8-12-15(21-17(20)22-16(12)19)9-1-4-11(5-2-9)29-14-6-3-10(23(25)26)7-13(14)24(27)28/h1-7H,(H4,19,20,21,22). The second kappa shape index (κ2) is 7.45.